The second-order valence-corrected chi connectivity index (χ2v) is 4.63. The van der Waals surface area contributed by atoms with Crippen LogP contribution >= 0.6 is 0 Å². The Hall–Kier alpha value is -3.43. The lowest BCUT2D eigenvalue weighted by Crippen LogP contribution is -2.10. The minimum Gasteiger partial charge on any atom is -0.454 e. The van der Waals surface area contributed by atoms with Crippen LogP contribution in [0.5, 0.6) is 11.5 Å². The maximum Gasteiger partial charge on any atom is 0.282 e. The molecule has 0 bridgehead atoms. The number of nitrogens with one attached hydrogen (secondary N) is 2. The third kappa shape index (κ3) is 3.10. The van der Waals surface area contributed by atoms with Crippen molar-refractivity contribution in [3.63, 3.8) is 0 Å². The maximum absolute atomic E-state index is 11.3. The van der Waals surface area contributed by atoms with Gasteiger partial charge in [0.2, 0.25) is 12.7 Å². The number of nitrogens with zero attached hydrogens (tertiary/aromatic N) is 3. The standard InChI is InChI=1S/C13H11N5O5/c1-7-2-12(19)16-13(15-7)17-14-5-8-3-10-11(23-6-22-10)4-9(8)18(20)21/h2-5H,6H2,1H3,(H2,15,16,17,19)/b14-5+. The van der Waals surface area contributed by atoms with E-state index in [-0.39, 0.29) is 29.6 Å². The molecule has 3 rings (SSSR count). The number of H-pyrrole nitrogens is 1. The molecule has 2 heterocycles. The molecule has 1 aromatic heterocycles. The van der Waals surface area contributed by atoms with Gasteiger partial charge in [-0.25, -0.2) is 10.4 Å². The molecule has 1 aliphatic heterocycles. The molecule has 1 aromatic carbocycles. The van der Waals surface area contributed by atoms with Crippen LogP contribution in [0.4, 0.5) is 11.6 Å². The van der Waals surface area contributed by atoms with Crippen molar-refractivity contribution in [2.24, 2.45) is 5.10 Å². The second kappa shape index (κ2) is 5.75. The van der Waals surface area contributed by atoms with E-state index in [9.17, 15) is 14.9 Å². The van der Waals surface area contributed by atoms with Crippen LogP contribution in [0, 0.1) is 17.0 Å². The first kappa shape index (κ1) is 14.5. The normalized spacial score (nSPS) is 12.6. The highest BCUT2D eigenvalue weighted by Gasteiger charge is 2.22. The number of aromatic nitrogens is 2. The molecular weight excluding hydrogens is 306 g/mol. The summed E-state index contributed by atoms with van der Waals surface area (Å²) in [5.41, 5.74) is 2.75. The van der Waals surface area contributed by atoms with Gasteiger partial charge in [0.25, 0.3) is 11.2 Å². The lowest BCUT2D eigenvalue weighted by Gasteiger charge is -2.02. The molecule has 1 aliphatic rings. The summed E-state index contributed by atoms with van der Waals surface area (Å²) in [6.45, 7) is 1.67. The molecule has 23 heavy (non-hydrogen) atoms. The molecule has 10 nitrogen and oxygen atoms in total. The molecule has 0 saturated carbocycles. The predicted octanol–water partition coefficient (Wildman–Crippen LogP) is 1.16. The van der Waals surface area contributed by atoms with E-state index in [2.05, 4.69) is 20.5 Å². The number of fused-ring (bicyclic) bond motifs is 1. The molecular formula is C13H11N5O5. The summed E-state index contributed by atoms with van der Waals surface area (Å²) >= 11 is 0. The number of nitro benzene ring substituents is 1. The van der Waals surface area contributed by atoms with Gasteiger partial charge in [-0.1, -0.05) is 0 Å². The van der Waals surface area contributed by atoms with Crippen LogP contribution < -0.4 is 20.5 Å². The van der Waals surface area contributed by atoms with Gasteiger partial charge < -0.3 is 9.47 Å². The second-order valence-electron chi connectivity index (χ2n) is 4.63. The van der Waals surface area contributed by atoms with Gasteiger partial charge in [-0.3, -0.25) is 19.9 Å². The number of hydrogen-bond acceptors (Lipinski definition) is 8. The van der Waals surface area contributed by atoms with Crippen LogP contribution in [0.15, 0.2) is 28.1 Å². The van der Waals surface area contributed by atoms with Crippen LogP contribution in [0.1, 0.15) is 11.3 Å². The van der Waals surface area contributed by atoms with Gasteiger partial charge in [-0.05, 0) is 13.0 Å². The minimum absolute atomic E-state index is 0.0137. The predicted molar refractivity (Wildman–Crippen MR) is 80.0 cm³/mol. The summed E-state index contributed by atoms with van der Waals surface area (Å²) in [4.78, 5) is 28.3. The van der Waals surface area contributed by atoms with E-state index in [1.807, 2.05) is 0 Å². The van der Waals surface area contributed by atoms with Crippen molar-refractivity contribution in [2.45, 2.75) is 6.92 Å². The third-order valence-corrected chi connectivity index (χ3v) is 2.96. The Labute approximate surface area is 128 Å². The van der Waals surface area contributed by atoms with Crippen LogP contribution in [0.3, 0.4) is 0 Å². The quantitative estimate of drug-likeness (QED) is 0.491. The van der Waals surface area contributed by atoms with Crippen molar-refractivity contribution in [3.8, 4) is 11.5 Å². The van der Waals surface area contributed by atoms with Gasteiger partial charge >= 0.3 is 0 Å². The highest BCUT2D eigenvalue weighted by molar-refractivity contribution is 5.87. The smallest absolute Gasteiger partial charge is 0.282 e. The number of nitro groups is 1. The zero-order valence-electron chi connectivity index (χ0n) is 11.9. The molecule has 118 valence electrons. The Balaban J connectivity index is 1.87. The zero-order chi connectivity index (χ0) is 16.4. The first-order chi connectivity index (χ1) is 11.0. The number of aromatic amines is 1. The molecule has 0 saturated heterocycles. The average molecular weight is 317 g/mol. The average Bonchev–Trinajstić information content (AvgIpc) is 2.92. The molecule has 0 atom stereocenters. The van der Waals surface area contributed by atoms with E-state index in [0.717, 1.165) is 0 Å². The van der Waals surface area contributed by atoms with Crippen molar-refractivity contribution in [1.29, 1.82) is 0 Å². The Morgan fingerprint density at radius 2 is 2.13 bits per heavy atom. The number of anilines is 1. The number of hydrogen-bond donors (Lipinski definition) is 2. The Bertz CT molecular complexity index is 860. The van der Waals surface area contributed by atoms with Crippen LogP contribution in [0.25, 0.3) is 0 Å². The lowest BCUT2D eigenvalue weighted by atomic mass is 10.1. The fourth-order valence-corrected chi connectivity index (χ4v) is 2.00. The van der Waals surface area contributed by atoms with E-state index < -0.39 is 4.92 Å². The summed E-state index contributed by atoms with van der Waals surface area (Å²) in [7, 11) is 0. The van der Waals surface area contributed by atoms with Gasteiger partial charge in [-0.2, -0.15) is 5.10 Å². The van der Waals surface area contributed by atoms with Gasteiger partial charge in [0.05, 0.1) is 22.8 Å². The first-order valence-electron chi connectivity index (χ1n) is 6.48. The summed E-state index contributed by atoms with van der Waals surface area (Å²) in [5, 5.41) is 15.0. The summed E-state index contributed by atoms with van der Waals surface area (Å²) < 4.78 is 10.3. The highest BCUT2D eigenvalue weighted by atomic mass is 16.7. The van der Waals surface area contributed by atoms with Crippen molar-refractivity contribution < 1.29 is 14.4 Å². The highest BCUT2D eigenvalue weighted by Crippen LogP contribution is 2.37. The lowest BCUT2D eigenvalue weighted by molar-refractivity contribution is -0.385. The number of rotatable bonds is 4. The van der Waals surface area contributed by atoms with E-state index in [0.29, 0.717) is 17.2 Å². The number of ether oxygens (including phenoxy) is 2. The van der Waals surface area contributed by atoms with Crippen LogP contribution in [-0.4, -0.2) is 27.9 Å². The van der Waals surface area contributed by atoms with Gasteiger partial charge in [0.1, 0.15) is 0 Å². The molecule has 10 heteroatoms. The monoisotopic (exact) mass is 317 g/mol. The van der Waals surface area contributed by atoms with Gasteiger partial charge in [0.15, 0.2) is 11.5 Å². The first-order valence-corrected chi connectivity index (χ1v) is 6.48. The molecule has 0 fully saturated rings. The van der Waals surface area contributed by atoms with Crippen LogP contribution in [-0.2, 0) is 0 Å². The molecule has 0 radical (unpaired) electrons. The molecule has 0 unspecified atom stereocenters. The van der Waals surface area contributed by atoms with Crippen molar-refractivity contribution >= 4 is 17.9 Å². The van der Waals surface area contributed by atoms with Gasteiger partial charge in [-0.15, -0.1) is 0 Å². The SMILES string of the molecule is Cc1cc(=O)[nH]c(N/N=C/c2cc3c(cc2[N+](=O)[O-])OCO3)n1. The molecule has 0 spiro atoms. The Morgan fingerprint density at radius 3 is 2.83 bits per heavy atom. The summed E-state index contributed by atoms with van der Waals surface area (Å²) in [6.07, 6.45) is 1.24. The molecule has 2 N–H and O–H groups in total. The molecule has 0 amide bonds. The molecule has 2 aromatic rings. The topological polar surface area (TPSA) is 132 Å². The Kier molecular flexibility index (Phi) is 3.63. The van der Waals surface area contributed by atoms with Crippen molar-refractivity contribution in [2.75, 3.05) is 12.2 Å². The maximum atomic E-state index is 11.3. The largest absolute Gasteiger partial charge is 0.454 e. The zero-order valence-corrected chi connectivity index (χ0v) is 11.9. The summed E-state index contributed by atoms with van der Waals surface area (Å²) in [5.74, 6) is 0.847. The summed E-state index contributed by atoms with van der Waals surface area (Å²) in [6, 6.07) is 4.06. The number of hydrazone groups is 1. The number of aryl methyl sites for hydroxylation is 1. The van der Waals surface area contributed by atoms with E-state index in [1.54, 1.807) is 6.92 Å². The molecule has 0 aliphatic carbocycles. The van der Waals surface area contributed by atoms with E-state index in [1.165, 1.54) is 24.4 Å². The van der Waals surface area contributed by atoms with Crippen LogP contribution in [0.2, 0.25) is 0 Å². The van der Waals surface area contributed by atoms with E-state index in [4.69, 9.17) is 9.47 Å². The fraction of sp³-hybridized carbons (Fsp3) is 0.154. The fourth-order valence-electron chi connectivity index (χ4n) is 2.00. The Morgan fingerprint density at radius 1 is 1.39 bits per heavy atom. The number of benzene rings is 1. The third-order valence-electron chi connectivity index (χ3n) is 2.96. The van der Waals surface area contributed by atoms with Crippen molar-refractivity contribution in [3.05, 3.63) is 49.9 Å². The van der Waals surface area contributed by atoms with E-state index >= 15 is 0 Å². The van der Waals surface area contributed by atoms with Crippen molar-refractivity contribution in [1.82, 2.24) is 9.97 Å². The van der Waals surface area contributed by atoms with Gasteiger partial charge in [0, 0.05) is 11.8 Å². The minimum atomic E-state index is -0.546.